The van der Waals surface area contributed by atoms with E-state index in [1.807, 2.05) is 12.1 Å². The number of piperidine rings is 1. The summed E-state index contributed by atoms with van der Waals surface area (Å²) < 4.78 is 24.6. The molecule has 6 nitrogen and oxygen atoms in total. The molecule has 3 rings (SSSR count). The first-order chi connectivity index (χ1) is 14.9. The Morgan fingerprint density at radius 3 is 2.52 bits per heavy atom. The molecule has 0 saturated carbocycles. The van der Waals surface area contributed by atoms with Crippen molar-refractivity contribution in [1.82, 2.24) is 10.2 Å². The maximum atomic E-state index is 13.1. The number of carbonyl (C=O) groups excluding carboxylic acids is 2. The molecule has 1 N–H and O–H groups in total. The fourth-order valence-corrected chi connectivity index (χ4v) is 4.22. The van der Waals surface area contributed by atoms with Gasteiger partial charge in [-0.3, -0.25) is 9.59 Å². The minimum Gasteiger partial charge on any atom is -0.493 e. The van der Waals surface area contributed by atoms with E-state index in [1.165, 1.54) is 24.3 Å². The standard InChI is InChI=1S/C23H26BrFN2O4/c1-30-20-12-16(19(24)13-21(20)31-2)9-10-26-22(28)17-4-3-11-27(14-17)23(29)15-5-7-18(25)8-6-15/h5-8,12-13,17H,3-4,9-11,14H2,1-2H3,(H,26,28). The van der Waals surface area contributed by atoms with E-state index < -0.39 is 0 Å². The number of hydrogen-bond donors (Lipinski definition) is 1. The lowest BCUT2D eigenvalue weighted by Gasteiger charge is -2.32. The summed E-state index contributed by atoms with van der Waals surface area (Å²) in [6.07, 6.45) is 2.11. The summed E-state index contributed by atoms with van der Waals surface area (Å²) >= 11 is 3.53. The molecule has 166 valence electrons. The molecule has 0 aromatic heterocycles. The van der Waals surface area contributed by atoms with Crippen LogP contribution < -0.4 is 14.8 Å². The number of carbonyl (C=O) groups is 2. The van der Waals surface area contributed by atoms with Crippen LogP contribution in [0.15, 0.2) is 40.9 Å². The third-order valence-corrected chi connectivity index (χ3v) is 6.15. The number of amides is 2. The number of methoxy groups -OCH3 is 2. The molecule has 0 spiro atoms. The van der Waals surface area contributed by atoms with Gasteiger partial charge in [-0.1, -0.05) is 15.9 Å². The molecule has 2 aromatic carbocycles. The number of benzene rings is 2. The summed E-state index contributed by atoms with van der Waals surface area (Å²) in [5.74, 6) is 0.394. The molecule has 0 radical (unpaired) electrons. The maximum absolute atomic E-state index is 13.1. The molecule has 0 aliphatic carbocycles. The molecule has 31 heavy (non-hydrogen) atoms. The largest absolute Gasteiger partial charge is 0.493 e. The molecule has 1 unspecified atom stereocenters. The van der Waals surface area contributed by atoms with Gasteiger partial charge in [-0.05, 0) is 61.2 Å². The van der Waals surface area contributed by atoms with Gasteiger partial charge in [0.15, 0.2) is 11.5 Å². The van der Waals surface area contributed by atoms with Crippen molar-refractivity contribution in [2.45, 2.75) is 19.3 Å². The molecule has 8 heteroatoms. The van der Waals surface area contributed by atoms with Crippen molar-refractivity contribution in [1.29, 1.82) is 0 Å². The number of ether oxygens (including phenoxy) is 2. The quantitative estimate of drug-likeness (QED) is 0.637. The first-order valence-electron chi connectivity index (χ1n) is 10.2. The Morgan fingerprint density at radius 2 is 1.84 bits per heavy atom. The lowest BCUT2D eigenvalue weighted by Crippen LogP contribution is -2.45. The van der Waals surface area contributed by atoms with Crippen LogP contribution in [-0.2, 0) is 11.2 Å². The van der Waals surface area contributed by atoms with Crippen LogP contribution in [0.5, 0.6) is 11.5 Å². The zero-order chi connectivity index (χ0) is 22.4. The molecule has 0 bridgehead atoms. The van der Waals surface area contributed by atoms with Crippen LogP contribution in [0.25, 0.3) is 0 Å². The Bertz CT molecular complexity index is 936. The minimum absolute atomic E-state index is 0.0618. The monoisotopic (exact) mass is 492 g/mol. The van der Waals surface area contributed by atoms with Gasteiger partial charge < -0.3 is 19.7 Å². The maximum Gasteiger partial charge on any atom is 0.253 e. The molecule has 1 atom stereocenters. The normalized spacial score (nSPS) is 16.0. The SMILES string of the molecule is COc1cc(Br)c(CCNC(=O)C2CCCN(C(=O)c3ccc(F)cc3)C2)cc1OC. The van der Waals surface area contributed by atoms with Gasteiger partial charge in [-0.15, -0.1) is 0 Å². The van der Waals surface area contributed by atoms with E-state index in [-0.39, 0.29) is 23.5 Å². The first kappa shape index (κ1) is 23.1. The second-order valence-electron chi connectivity index (χ2n) is 7.44. The van der Waals surface area contributed by atoms with Crippen LogP contribution in [0.2, 0.25) is 0 Å². The third-order valence-electron chi connectivity index (χ3n) is 5.42. The van der Waals surface area contributed by atoms with E-state index in [0.29, 0.717) is 43.1 Å². The predicted octanol–water partition coefficient (Wildman–Crippen LogP) is 3.82. The third kappa shape index (κ3) is 5.76. The fourth-order valence-electron chi connectivity index (χ4n) is 3.70. The second-order valence-corrected chi connectivity index (χ2v) is 8.29. The number of likely N-dealkylation sites (tertiary alicyclic amines) is 1. The van der Waals surface area contributed by atoms with Crippen LogP contribution in [0, 0.1) is 11.7 Å². The average Bonchev–Trinajstić information content (AvgIpc) is 2.79. The number of halogens is 2. The minimum atomic E-state index is -0.381. The molecule has 2 aromatic rings. The fraction of sp³-hybridized carbons (Fsp3) is 0.391. The Balaban J connectivity index is 1.55. The van der Waals surface area contributed by atoms with Crippen molar-refractivity contribution < 1.29 is 23.5 Å². The van der Waals surface area contributed by atoms with Gasteiger partial charge in [0.05, 0.1) is 20.1 Å². The van der Waals surface area contributed by atoms with Gasteiger partial charge in [0.1, 0.15) is 5.82 Å². The zero-order valence-corrected chi connectivity index (χ0v) is 19.2. The average molecular weight is 493 g/mol. The molecule has 1 aliphatic heterocycles. The summed E-state index contributed by atoms with van der Waals surface area (Å²) in [5, 5.41) is 2.98. The van der Waals surface area contributed by atoms with E-state index in [0.717, 1.165) is 22.9 Å². The summed E-state index contributed by atoms with van der Waals surface area (Å²) in [6, 6.07) is 9.22. The highest BCUT2D eigenvalue weighted by Crippen LogP contribution is 2.33. The van der Waals surface area contributed by atoms with Crippen LogP contribution in [0.4, 0.5) is 4.39 Å². The van der Waals surface area contributed by atoms with E-state index in [4.69, 9.17) is 9.47 Å². The predicted molar refractivity (Wildman–Crippen MR) is 119 cm³/mol. The number of nitrogens with zero attached hydrogens (tertiary/aromatic N) is 1. The van der Waals surface area contributed by atoms with Gasteiger partial charge >= 0.3 is 0 Å². The summed E-state index contributed by atoms with van der Waals surface area (Å²) in [5.41, 5.74) is 1.43. The van der Waals surface area contributed by atoms with Gasteiger partial charge in [0.25, 0.3) is 5.91 Å². The number of nitrogens with one attached hydrogen (secondary N) is 1. The van der Waals surface area contributed by atoms with E-state index in [9.17, 15) is 14.0 Å². The molecule has 1 saturated heterocycles. The molecule has 1 aliphatic rings. The Morgan fingerprint density at radius 1 is 1.16 bits per heavy atom. The van der Waals surface area contributed by atoms with Crippen molar-refractivity contribution in [2.75, 3.05) is 33.9 Å². The Hall–Kier alpha value is -2.61. The van der Waals surface area contributed by atoms with Crippen molar-refractivity contribution >= 4 is 27.7 Å². The van der Waals surface area contributed by atoms with E-state index in [1.54, 1.807) is 19.1 Å². The Labute approximate surface area is 189 Å². The van der Waals surface area contributed by atoms with E-state index in [2.05, 4.69) is 21.2 Å². The second kappa shape index (κ2) is 10.6. The molecule has 1 heterocycles. The summed E-state index contributed by atoms with van der Waals surface area (Å²) in [7, 11) is 3.16. The number of rotatable bonds is 7. The van der Waals surface area contributed by atoms with Crippen molar-refractivity contribution in [3.63, 3.8) is 0 Å². The van der Waals surface area contributed by atoms with Gasteiger partial charge in [0.2, 0.25) is 5.91 Å². The molecular formula is C23H26BrFN2O4. The smallest absolute Gasteiger partial charge is 0.253 e. The van der Waals surface area contributed by atoms with Gasteiger partial charge in [0, 0.05) is 29.7 Å². The highest BCUT2D eigenvalue weighted by molar-refractivity contribution is 9.10. The van der Waals surface area contributed by atoms with Crippen molar-refractivity contribution in [2.24, 2.45) is 5.92 Å². The lowest BCUT2D eigenvalue weighted by atomic mass is 9.96. The van der Waals surface area contributed by atoms with Crippen molar-refractivity contribution in [3.05, 3.63) is 57.8 Å². The lowest BCUT2D eigenvalue weighted by molar-refractivity contribution is -0.126. The van der Waals surface area contributed by atoms with Crippen LogP contribution >= 0.6 is 15.9 Å². The molecule has 1 fully saturated rings. The number of hydrogen-bond acceptors (Lipinski definition) is 4. The van der Waals surface area contributed by atoms with Gasteiger partial charge in [-0.25, -0.2) is 4.39 Å². The van der Waals surface area contributed by atoms with Crippen LogP contribution in [0.1, 0.15) is 28.8 Å². The zero-order valence-electron chi connectivity index (χ0n) is 17.6. The van der Waals surface area contributed by atoms with Crippen molar-refractivity contribution in [3.8, 4) is 11.5 Å². The van der Waals surface area contributed by atoms with E-state index >= 15 is 0 Å². The summed E-state index contributed by atoms with van der Waals surface area (Å²) in [4.78, 5) is 27.0. The molecule has 2 amide bonds. The highest BCUT2D eigenvalue weighted by atomic mass is 79.9. The summed E-state index contributed by atoms with van der Waals surface area (Å²) in [6.45, 7) is 1.43. The van der Waals surface area contributed by atoms with Crippen LogP contribution in [-0.4, -0.2) is 50.6 Å². The first-order valence-corrected chi connectivity index (χ1v) is 10.9. The Kier molecular flexibility index (Phi) is 7.90. The van der Waals surface area contributed by atoms with Gasteiger partial charge in [-0.2, -0.15) is 0 Å². The highest BCUT2D eigenvalue weighted by Gasteiger charge is 2.28. The topological polar surface area (TPSA) is 67.9 Å². The molecular weight excluding hydrogens is 467 g/mol. The van der Waals surface area contributed by atoms with Crippen LogP contribution in [0.3, 0.4) is 0 Å².